The third-order valence-corrected chi connectivity index (χ3v) is 3.41. The van der Waals surface area contributed by atoms with Gasteiger partial charge in [-0.2, -0.15) is 5.26 Å². The molecule has 0 saturated carbocycles. The zero-order valence-electron chi connectivity index (χ0n) is 14.2. The van der Waals surface area contributed by atoms with E-state index in [4.69, 9.17) is 5.26 Å². The Labute approximate surface area is 134 Å². The minimum atomic E-state index is 0.404. The van der Waals surface area contributed by atoms with Crippen molar-refractivity contribution in [2.24, 2.45) is 10.9 Å². The second-order valence-corrected chi connectivity index (χ2v) is 6.02. The number of guanidine groups is 1. The van der Waals surface area contributed by atoms with Crippen LogP contribution in [0.5, 0.6) is 0 Å². The Hall–Kier alpha value is -2.02. The van der Waals surface area contributed by atoms with Crippen molar-refractivity contribution in [2.45, 2.75) is 53.1 Å². The molecule has 0 radical (unpaired) electrons. The maximum Gasteiger partial charge on any atom is 0.191 e. The van der Waals surface area contributed by atoms with Crippen molar-refractivity contribution >= 4 is 5.96 Å². The minimum Gasteiger partial charge on any atom is -0.357 e. The second kappa shape index (κ2) is 9.83. The van der Waals surface area contributed by atoms with E-state index in [9.17, 15) is 0 Å². The maximum atomic E-state index is 8.81. The molecule has 1 aromatic carbocycles. The number of hydrogen-bond donors (Lipinski definition) is 2. The molecular formula is C18H28N4. The zero-order chi connectivity index (χ0) is 16.4. The highest BCUT2D eigenvalue weighted by Crippen LogP contribution is 2.07. The predicted octanol–water partition coefficient (Wildman–Crippen LogP) is 3.44. The van der Waals surface area contributed by atoms with Gasteiger partial charge in [-0.15, -0.1) is 0 Å². The summed E-state index contributed by atoms with van der Waals surface area (Å²) in [5.74, 6) is 1.57. The SMILES string of the molecule is CCNC(=NCc1ccc(C#N)cc1)NC(C)CCC(C)C. The summed E-state index contributed by atoms with van der Waals surface area (Å²) >= 11 is 0. The first-order valence-electron chi connectivity index (χ1n) is 8.09. The lowest BCUT2D eigenvalue weighted by Gasteiger charge is -2.18. The number of hydrogen-bond acceptors (Lipinski definition) is 2. The largest absolute Gasteiger partial charge is 0.357 e. The second-order valence-electron chi connectivity index (χ2n) is 6.02. The molecule has 0 bridgehead atoms. The topological polar surface area (TPSA) is 60.2 Å². The third-order valence-electron chi connectivity index (χ3n) is 3.41. The quantitative estimate of drug-likeness (QED) is 0.599. The summed E-state index contributed by atoms with van der Waals surface area (Å²) in [5, 5.41) is 15.5. The number of nitrogens with zero attached hydrogens (tertiary/aromatic N) is 2. The van der Waals surface area contributed by atoms with E-state index in [0.29, 0.717) is 18.2 Å². The molecule has 0 aliphatic rings. The highest BCUT2D eigenvalue weighted by atomic mass is 15.2. The van der Waals surface area contributed by atoms with Crippen LogP contribution in [0.2, 0.25) is 0 Å². The minimum absolute atomic E-state index is 0.404. The van der Waals surface area contributed by atoms with Gasteiger partial charge in [-0.05, 0) is 50.3 Å². The summed E-state index contributed by atoms with van der Waals surface area (Å²) in [6, 6.07) is 10.1. The maximum absolute atomic E-state index is 8.81. The van der Waals surface area contributed by atoms with Gasteiger partial charge in [0.1, 0.15) is 0 Å². The van der Waals surface area contributed by atoms with Crippen LogP contribution in [0.15, 0.2) is 29.3 Å². The fraction of sp³-hybridized carbons (Fsp3) is 0.556. The average Bonchev–Trinajstić information content (AvgIpc) is 2.51. The molecule has 0 fully saturated rings. The van der Waals surface area contributed by atoms with Crippen molar-refractivity contribution in [1.82, 2.24) is 10.6 Å². The number of rotatable bonds is 7. The Morgan fingerprint density at radius 1 is 1.18 bits per heavy atom. The molecule has 0 heterocycles. The highest BCUT2D eigenvalue weighted by Gasteiger charge is 2.06. The summed E-state index contributed by atoms with van der Waals surface area (Å²) < 4.78 is 0. The molecule has 0 saturated heterocycles. The van der Waals surface area contributed by atoms with Crippen molar-refractivity contribution in [3.63, 3.8) is 0 Å². The lowest BCUT2D eigenvalue weighted by molar-refractivity contribution is 0.489. The van der Waals surface area contributed by atoms with E-state index in [0.717, 1.165) is 30.4 Å². The van der Waals surface area contributed by atoms with Gasteiger partial charge in [0.2, 0.25) is 0 Å². The Morgan fingerprint density at radius 2 is 1.86 bits per heavy atom. The van der Waals surface area contributed by atoms with Gasteiger partial charge in [0.15, 0.2) is 5.96 Å². The van der Waals surface area contributed by atoms with Gasteiger partial charge >= 0.3 is 0 Å². The molecule has 0 spiro atoms. The van der Waals surface area contributed by atoms with E-state index < -0.39 is 0 Å². The number of benzene rings is 1. The molecule has 2 N–H and O–H groups in total. The lowest BCUT2D eigenvalue weighted by Crippen LogP contribution is -2.42. The van der Waals surface area contributed by atoms with Crippen LogP contribution in [0.4, 0.5) is 0 Å². The van der Waals surface area contributed by atoms with E-state index in [1.54, 1.807) is 0 Å². The Bertz CT molecular complexity index is 497. The van der Waals surface area contributed by atoms with Crippen LogP contribution in [0.1, 0.15) is 51.7 Å². The fourth-order valence-electron chi connectivity index (χ4n) is 2.06. The van der Waals surface area contributed by atoms with Crippen LogP contribution in [0.25, 0.3) is 0 Å². The van der Waals surface area contributed by atoms with Gasteiger partial charge in [0.25, 0.3) is 0 Å². The van der Waals surface area contributed by atoms with Crippen LogP contribution in [-0.4, -0.2) is 18.5 Å². The van der Waals surface area contributed by atoms with Gasteiger partial charge in [-0.3, -0.25) is 0 Å². The molecule has 4 nitrogen and oxygen atoms in total. The zero-order valence-corrected chi connectivity index (χ0v) is 14.2. The van der Waals surface area contributed by atoms with Gasteiger partial charge in [-0.1, -0.05) is 26.0 Å². The molecule has 1 aromatic rings. The Kier molecular flexibility index (Phi) is 8.06. The molecule has 0 aromatic heterocycles. The molecule has 4 heteroatoms. The van der Waals surface area contributed by atoms with Crippen LogP contribution in [-0.2, 0) is 6.54 Å². The van der Waals surface area contributed by atoms with Gasteiger partial charge in [-0.25, -0.2) is 4.99 Å². The Balaban J connectivity index is 2.58. The normalized spacial score (nSPS) is 12.8. The van der Waals surface area contributed by atoms with Crippen molar-refractivity contribution in [1.29, 1.82) is 5.26 Å². The van der Waals surface area contributed by atoms with Crippen molar-refractivity contribution in [3.05, 3.63) is 35.4 Å². The molecular weight excluding hydrogens is 272 g/mol. The summed E-state index contributed by atoms with van der Waals surface area (Å²) in [6.45, 7) is 10.2. The first-order chi connectivity index (χ1) is 10.5. The lowest BCUT2D eigenvalue weighted by atomic mass is 10.0. The van der Waals surface area contributed by atoms with E-state index in [1.165, 1.54) is 6.42 Å². The summed E-state index contributed by atoms with van der Waals surface area (Å²) in [4.78, 5) is 4.62. The summed E-state index contributed by atoms with van der Waals surface area (Å²) in [5.41, 5.74) is 1.78. The van der Waals surface area contributed by atoms with Crippen LogP contribution in [0, 0.1) is 17.2 Å². The molecule has 0 aliphatic carbocycles. The molecule has 1 rings (SSSR count). The van der Waals surface area contributed by atoms with E-state index in [2.05, 4.69) is 49.4 Å². The standard InChI is InChI=1S/C18H28N4/c1-5-20-18(22-15(4)7-6-14(2)3)21-13-17-10-8-16(12-19)9-11-17/h8-11,14-15H,5-7,13H2,1-4H3,(H2,20,21,22). The molecule has 22 heavy (non-hydrogen) atoms. The van der Waals surface area contributed by atoms with Crippen LogP contribution >= 0.6 is 0 Å². The van der Waals surface area contributed by atoms with Crippen LogP contribution < -0.4 is 10.6 Å². The molecule has 1 atom stereocenters. The van der Waals surface area contributed by atoms with Gasteiger partial charge < -0.3 is 10.6 Å². The van der Waals surface area contributed by atoms with E-state index in [-0.39, 0.29) is 0 Å². The summed E-state index contributed by atoms with van der Waals surface area (Å²) in [7, 11) is 0. The summed E-state index contributed by atoms with van der Waals surface area (Å²) in [6.07, 6.45) is 2.35. The number of aliphatic imine (C=N–C) groups is 1. The average molecular weight is 300 g/mol. The Morgan fingerprint density at radius 3 is 2.41 bits per heavy atom. The van der Waals surface area contributed by atoms with E-state index >= 15 is 0 Å². The molecule has 120 valence electrons. The van der Waals surface area contributed by atoms with Crippen molar-refractivity contribution in [2.75, 3.05) is 6.54 Å². The first-order valence-corrected chi connectivity index (χ1v) is 8.09. The van der Waals surface area contributed by atoms with Crippen molar-refractivity contribution in [3.8, 4) is 6.07 Å². The number of nitrogens with one attached hydrogen (secondary N) is 2. The van der Waals surface area contributed by atoms with Crippen molar-refractivity contribution < 1.29 is 0 Å². The van der Waals surface area contributed by atoms with Gasteiger partial charge in [0, 0.05) is 12.6 Å². The van der Waals surface area contributed by atoms with Crippen LogP contribution in [0.3, 0.4) is 0 Å². The monoisotopic (exact) mass is 300 g/mol. The van der Waals surface area contributed by atoms with E-state index in [1.807, 2.05) is 24.3 Å². The number of nitriles is 1. The fourth-order valence-corrected chi connectivity index (χ4v) is 2.06. The smallest absolute Gasteiger partial charge is 0.191 e. The first kappa shape index (κ1) is 18.0. The molecule has 0 aliphatic heterocycles. The highest BCUT2D eigenvalue weighted by molar-refractivity contribution is 5.80. The molecule has 1 unspecified atom stereocenters. The molecule has 0 amide bonds. The van der Waals surface area contributed by atoms with Gasteiger partial charge in [0.05, 0.1) is 18.2 Å². The third kappa shape index (κ3) is 7.12. The predicted molar refractivity (Wildman–Crippen MR) is 92.6 cm³/mol.